The smallest absolute Gasteiger partial charge is 0.246 e. The fourth-order valence-corrected chi connectivity index (χ4v) is 3.91. The molecule has 1 aliphatic carbocycles. The number of benzene rings is 1. The van der Waals surface area contributed by atoms with Gasteiger partial charge in [0, 0.05) is 43.9 Å². The van der Waals surface area contributed by atoms with E-state index in [0.29, 0.717) is 29.4 Å². The predicted molar refractivity (Wildman–Crippen MR) is 157 cm³/mol. The Morgan fingerprint density at radius 1 is 1.25 bits per heavy atom. The first-order valence-corrected chi connectivity index (χ1v) is 13.5. The number of likely N-dealkylation sites (N-methyl/N-ethyl adjacent to an activating group) is 2. The summed E-state index contributed by atoms with van der Waals surface area (Å²) in [5, 5.41) is 18.6. The summed E-state index contributed by atoms with van der Waals surface area (Å²) in [7, 11) is 5.49. The van der Waals surface area contributed by atoms with E-state index in [1.165, 1.54) is 11.0 Å². The molecule has 0 spiro atoms. The fraction of sp³-hybridized carbons (Fsp3) is 0.433. The molecule has 1 aromatic carbocycles. The Balaban J connectivity index is 1.56. The first kappa shape index (κ1) is 30.1. The highest BCUT2D eigenvalue weighted by molar-refractivity contribution is 5.92. The van der Waals surface area contributed by atoms with Gasteiger partial charge in [-0.2, -0.15) is 10.2 Å². The third kappa shape index (κ3) is 8.82. The Bertz CT molecular complexity index is 1310. The topological polar surface area (TPSA) is 126 Å². The molecular formula is C30H38N8O2. The van der Waals surface area contributed by atoms with Gasteiger partial charge in [-0.15, -0.1) is 0 Å². The van der Waals surface area contributed by atoms with Gasteiger partial charge in [0.1, 0.15) is 11.9 Å². The zero-order chi connectivity index (χ0) is 29.1. The minimum atomic E-state index is -0.569. The summed E-state index contributed by atoms with van der Waals surface area (Å²) < 4.78 is 0. The average Bonchev–Trinajstić information content (AvgIpc) is 2.92. The molecule has 2 amide bonds. The summed E-state index contributed by atoms with van der Waals surface area (Å²) in [5.74, 6) is 7.33. The summed E-state index contributed by atoms with van der Waals surface area (Å²) in [6.45, 7) is 5.21. The number of carbonyl (C=O) groups is 2. The molecule has 210 valence electrons. The molecule has 3 N–H and O–H groups in total. The maximum Gasteiger partial charge on any atom is 0.246 e. The fourth-order valence-electron chi connectivity index (χ4n) is 3.91. The van der Waals surface area contributed by atoms with Gasteiger partial charge in [-0.05, 0) is 58.5 Å². The van der Waals surface area contributed by atoms with E-state index in [1.54, 1.807) is 44.4 Å². The molecule has 1 fully saturated rings. The second kappa shape index (κ2) is 14.7. The zero-order valence-corrected chi connectivity index (χ0v) is 23.9. The molecule has 0 radical (unpaired) electrons. The van der Waals surface area contributed by atoms with Gasteiger partial charge in [-0.3, -0.25) is 9.59 Å². The van der Waals surface area contributed by atoms with Gasteiger partial charge in [0.05, 0.1) is 23.4 Å². The monoisotopic (exact) mass is 542 g/mol. The maximum atomic E-state index is 12.7. The number of nitrogens with one attached hydrogen (secondary N) is 3. The quantitative estimate of drug-likeness (QED) is 0.292. The standard InChI is InChI=1S/C30H38N8O2/c1-6-14-32-28-24(20-33-30(36-28)35-25-10-7-9-23(18-25)19-31)13-12-22-16-26(17-22)34-29(40)21(2)38(5)27(39)11-8-15-37(3)4/h7-11,18,20-22,26H,6,14-17H2,1-5H3,(H,34,40)(H2,32,33,35,36)/b11-8+/t21-,22-,26+/m0/s1. The van der Waals surface area contributed by atoms with Crippen molar-refractivity contribution in [3.05, 3.63) is 53.7 Å². The van der Waals surface area contributed by atoms with Crippen molar-refractivity contribution in [2.45, 2.75) is 45.2 Å². The van der Waals surface area contributed by atoms with Crippen molar-refractivity contribution in [2.75, 3.05) is 44.9 Å². The molecule has 10 nitrogen and oxygen atoms in total. The third-order valence-electron chi connectivity index (χ3n) is 6.51. The first-order chi connectivity index (χ1) is 19.2. The summed E-state index contributed by atoms with van der Waals surface area (Å²) in [5.41, 5.74) is 1.98. The molecule has 40 heavy (non-hydrogen) atoms. The van der Waals surface area contributed by atoms with Crippen LogP contribution in [0.15, 0.2) is 42.6 Å². The molecular weight excluding hydrogens is 504 g/mol. The van der Waals surface area contributed by atoms with Crippen LogP contribution < -0.4 is 16.0 Å². The predicted octanol–water partition coefficient (Wildman–Crippen LogP) is 3.12. The van der Waals surface area contributed by atoms with E-state index < -0.39 is 6.04 Å². The van der Waals surface area contributed by atoms with Crippen molar-refractivity contribution in [3.63, 3.8) is 0 Å². The van der Waals surface area contributed by atoms with Crippen LogP contribution in [0, 0.1) is 29.1 Å². The van der Waals surface area contributed by atoms with E-state index in [4.69, 9.17) is 5.26 Å². The second-order valence-electron chi connectivity index (χ2n) is 10.1. The molecule has 0 unspecified atom stereocenters. The molecule has 1 saturated carbocycles. The van der Waals surface area contributed by atoms with E-state index in [2.05, 4.69) is 50.8 Å². The van der Waals surface area contributed by atoms with Gasteiger partial charge in [0.2, 0.25) is 17.8 Å². The molecule has 1 aromatic heterocycles. The van der Waals surface area contributed by atoms with E-state index in [-0.39, 0.29) is 23.8 Å². The molecule has 1 heterocycles. The molecule has 0 bridgehead atoms. The van der Waals surface area contributed by atoms with Gasteiger partial charge >= 0.3 is 0 Å². The molecule has 2 aromatic rings. The van der Waals surface area contributed by atoms with E-state index in [0.717, 1.165) is 31.5 Å². The Morgan fingerprint density at radius 3 is 2.73 bits per heavy atom. The number of hydrogen-bond acceptors (Lipinski definition) is 8. The summed E-state index contributed by atoms with van der Waals surface area (Å²) in [6, 6.07) is 8.72. The van der Waals surface area contributed by atoms with Crippen LogP contribution in [-0.4, -0.2) is 77.9 Å². The van der Waals surface area contributed by atoms with Gasteiger partial charge in [0.25, 0.3) is 0 Å². The lowest BCUT2D eigenvalue weighted by atomic mass is 9.80. The Morgan fingerprint density at radius 2 is 2.02 bits per heavy atom. The van der Waals surface area contributed by atoms with Crippen LogP contribution >= 0.6 is 0 Å². The van der Waals surface area contributed by atoms with Crippen LogP contribution in [-0.2, 0) is 9.59 Å². The first-order valence-electron chi connectivity index (χ1n) is 13.5. The van der Waals surface area contributed by atoms with Crippen LogP contribution in [0.1, 0.15) is 44.2 Å². The highest BCUT2D eigenvalue weighted by Crippen LogP contribution is 2.27. The molecule has 0 aliphatic heterocycles. The second-order valence-corrected chi connectivity index (χ2v) is 10.1. The Hall–Kier alpha value is -4.41. The SMILES string of the molecule is CCCNc1nc(Nc2cccc(C#N)c2)ncc1C#C[C@H]1C[C@@H](NC(=O)[C@H](C)N(C)C(=O)/C=C/CN(C)C)C1. The third-order valence-corrected chi connectivity index (χ3v) is 6.51. The summed E-state index contributed by atoms with van der Waals surface area (Å²) in [4.78, 5) is 37.4. The lowest BCUT2D eigenvalue weighted by Crippen LogP contribution is -2.51. The minimum Gasteiger partial charge on any atom is -0.369 e. The highest BCUT2D eigenvalue weighted by Gasteiger charge is 2.31. The maximum absolute atomic E-state index is 12.7. The molecule has 10 heteroatoms. The number of rotatable bonds is 11. The van der Waals surface area contributed by atoms with E-state index in [9.17, 15) is 9.59 Å². The van der Waals surface area contributed by atoms with Crippen molar-refractivity contribution in [1.82, 2.24) is 25.1 Å². The van der Waals surface area contributed by atoms with Crippen molar-refractivity contribution < 1.29 is 9.59 Å². The number of carbonyl (C=O) groups excluding carboxylic acids is 2. The lowest BCUT2D eigenvalue weighted by Gasteiger charge is -2.34. The molecule has 1 aliphatic rings. The lowest BCUT2D eigenvalue weighted by molar-refractivity contribution is -0.135. The zero-order valence-electron chi connectivity index (χ0n) is 23.9. The average molecular weight is 543 g/mol. The number of aromatic nitrogens is 2. The normalized spacial score (nSPS) is 16.7. The van der Waals surface area contributed by atoms with Gasteiger partial charge < -0.3 is 25.8 Å². The van der Waals surface area contributed by atoms with Crippen LogP contribution in [0.3, 0.4) is 0 Å². The number of hydrogen-bond donors (Lipinski definition) is 3. The van der Waals surface area contributed by atoms with Crippen molar-refractivity contribution in [3.8, 4) is 17.9 Å². The largest absolute Gasteiger partial charge is 0.369 e. The number of nitrogens with zero attached hydrogens (tertiary/aromatic N) is 5. The van der Waals surface area contributed by atoms with E-state index >= 15 is 0 Å². The number of amides is 2. The summed E-state index contributed by atoms with van der Waals surface area (Å²) in [6.07, 6.45) is 7.40. The molecule has 0 saturated heterocycles. The Labute approximate surface area is 236 Å². The van der Waals surface area contributed by atoms with Gasteiger partial charge in [-0.25, -0.2) is 4.98 Å². The minimum absolute atomic E-state index is 0.0340. The Kier molecular flexibility index (Phi) is 11.0. The molecule has 1 atom stereocenters. The van der Waals surface area contributed by atoms with Gasteiger partial charge in [0.15, 0.2) is 0 Å². The van der Waals surface area contributed by atoms with Gasteiger partial charge in [-0.1, -0.05) is 30.9 Å². The molecule has 3 rings (SSSR count). The highest BCUT2D eigenvalue weighted by atomic mass is 16.2. The van der Waals surface area contributed by atoms with E-state index in [1.807, 2.05) is 25.1 Å². The van der Waals surface area contributed by atoms with Crippen molar-refractivity contribution in [1.29, 1.82) is 5.26 Å². The number of anilines is 3. The van der Waals surface area contributed by atoms with Crippen LogP contribution in [0.4, 0.5) is 17.5 Å². The van der Waals surface area contributed by atoms with Crippen LogP contribution in [0.5, 0.6) is 0 Å². The van der Waals surface area contributed by atoms with Crippen molar-refractivity contribution >= 4 is 29.3 Å². The van der Waals surface area contributed by atoms with Crippen molar-refractivity contribution in [2.24, 2.45) is 5.92 Å². The number of nitriles is 1. The summed E-state index contributed by atoms with van der Waals surface area (Å²) >= 11 is 0. The van der Waals surface area contributed by atoms with Crippen LogP contribution in [0.25, 0.3) is 0 Å². The van der Waals surface area contributed by atoms with Crippen LogP contribution in [0.2, 0.25) is 0 Å².